The predicted molar refractivity (Wildman–Crippen MR) is 70.0 cm³/mol. The highest BCUT2D eigenvalue weighted by molar-refractivity contribution is 7.10. The van der Waals surface area contributed by atoms with Gasteiger partial charge in [0.2, 0.25) is 0 Å². The summed E-state index contributed by atoms with van der Waals surface area (Å²) in [5.41, 5.74) is 1.47. The van der Waals surface area contributed by atoms with Crippen LogP contribution < -0.4 is 5.32 Å². The van der Waals surface area contributed by atoms with Crippen molar-refractivity contribution in [3.8, 4) is 11.5 Å². The normalized spacial score (nSPS) is 10.3. The maximum Gasteiger partial charge on any atom is 0.251 e. The van der Waals surface area contributed by atoms with Crippen LogP contribution in [0.1, 0.15) is 20.8 Å². The van der Waals surface area contributed by atoms with Gasteiger partial charge in [0.1, 0.15) is 0 Å². The first kappa shape index (κ1) is 12.4. The molecule has 2 rings (SSSR count). The maximum absolute atomic E-state index is 11.8. The zero-order chi connectivity index (χ0) is 13.1. The van der Waals surface area contributed by atoms with E-state index in [4.69, 9.17) is 5.11 Å². The minimum Gasteiger partial charge on any atom is -0.504 e. The molecule has 1 amide bonds. The Kier molecular flexibility index (Phi) is 3.53. The van der Waals surface area contributed by atoms with Crippen LogP contribution in [0.2, 0.25) is 0 Å². The van der Waals surface area contributed by atoms with Crippen molar-refractivity contribution in [2.45, 2.75) is 13.5 Å². The van der Waals surface area contributed by atoms with Crippen molar-refractivity contribution in [3.63, 3.8) is 0 Å². The monoisotopic (exact) mass is 263 g/mol. The van der Waals surface area contributed by atoms with Crippen LogP contribution in [0.3, 0.4) is 0 Å². The lowest BCUT2D eigenvalue weighted by Crippen LogP contribution is -2.22. The number of carbonyl (C=O) groups excluding carboxylic acids is 1. The molecule has 4 nitrogen and oxygen atoms in total. The Bertz CT molecular complexity index is 577. The van der Waals surface area contributed by atoms with Gasteiger partial charge in [-0.05, 0) is 42.1 Å². The number of aryl methyl sites for hydroxylation is 1. The molecule has 0 saturated carbocycles. The van der Waals surface area contributed by atoms with E-state index in [1.807, 2.05) is 18.4 Å². The lowest BCUT2D eigenvalue weighted by atomic mass is 10.2. The molecular weight excluding hydrogens is 250 g/mol. The lowest BCUT2D eigenvalue weighted by Gasteiger charge is -2.05. The molecule has 0 fully saturated rings. The molecule has 3 N–H and O–H groups in total. The molecule has 18 heavy (non-hydrogen) atoms. The average Bonchev–Trinajstić information content (AvgIpc) is 2.75. The number of benzene rings is 1. The fourth-order valence-corrected chi connectivity index (χ4v) is 2.36. The predicted octanol–water partition coefficient (Wildman–Crippen LogP) is 2.40. The van der Waals surface area contributed by atoms with E-state index in [-0.39, 0.29) is 17.4 Å². The van der Waals surface area contributed by atoms with E-state index in [0.717, 1.165) is 10.4 Å². The van der Waals surface area contributed by atoms with Gasteiger partial charge in [-0.15, -0.1) is 11.3 Å². The van der Waals surface area contributed by atoms with Crippen LogP contribution in [0, 0.1) is 6.92 Å². The molecule has 0 aliphatic carbocycles. The summed E-state index contributed by atoms with van der Waals surface area (Å²) in [6, 6.07) is 6.00. The Hall–Kier alpha value is -2.01. The summed E-state index contributed by atoms with van der Waals surface area (Å²) in [5.74, 6) is -0.811. The average molecular weight is 263 g/mol. The van der Waals surface area contributed by atoms with Gasteiger partial charge in [0, 0.05) is 10.4 Å². The number of hydrogen-bond donors (Lipinski definition) is 3. The summed E-state index contributed by atoms with van der Waals surface area (Å²) in [6.07, 6.45) is 0. The summed E-state index contributed by atoms with van der Waals surface area (Å²) in [5, 5.41) is 23.2. The Morgan fingerprint density at radius 3 is 2.67 bits per heavy atom. The molecule has 0 aliphatic rings. The summed E-state index contributed by atoms with van der Waals surface area (Å²) in [6.45, 7) is 2.45. The molecule has 0 radical (unpaired) electrons. The van der Waals surface area contributed by atoms with E-state index in [2.05, 4.69) is 5.32 Å². The van der Waals surface area contributed by atoms with Crippen molar-refractivity contribution in [3.05, 3.63) is 45.6 Å². The third-order valence-corrected chi connectivity index (χ3v) is 3.64. The molecule has 5 heteroatoms. The second-order valence-electron chi connectivity index (χ2n) is 3.91. The zero-order valence-corrected chi connectivity index (χ0v) is 10.6. The van der Waals surface area contributed by atoms with Gasteiger partial charge in [0.25, 0.3) is 5.91 Å². The highest BCUT2D eigenvalue weighted by Gasteiger charge is 2.09. The number of phenolic OH excluding ortho intramolecular Hbond substituents is 2. The Labute approximate surface area is 109 Å². The standard InChI is InChI=1S/C13H13NO3S/c1-8-4-5-18-12(8)7-14-13(17)9-2-3-10(15)11(16)6-9/h2-6,15-16H,7H2,1H3,(H,14,17). The first-order valence-electron chi connectivity index (χ1n) is 5.41. The number of rotatable bonds is 3. The number of aromatic hydroxyl groups is 2. The van der Waals surface area contributed by atoms with Crippen LogP contribution in [0.4, 0.5) is 0 Å². The van der Waals surface area contributed by atoms with Crippen LogP contribution in [0.5, 0.6) is 11.5 Å². The molecule has 94 valence electrons. The first-order chi connectivity index (χ1) is 8.58. The van der Waals surface area contributed by atoms with E-state index < -0.39 is 0 Å². The largest absolute Gasteiger partial charge is 0.504 e. The van der Waals surface area contributed by atoms with Crippen molar-refractivity contribution < 1.29 is 15.0 Å². The van der Waals surface area contributed by atoms with Gasteiger partial charge in [0.05, 0.1) is 6.54 Å². The topological polar surface area (TPSA) is 69.6 Å². The van der Waals surface area contributed by atoms with Gasteiger partial charge in [-0.25, -0.2) is 0 Å². The van der Waals surface area contributed by atoms with Crippen LogP contribution in [0.25, 0.3) is 0 Å². The molecule has 0 aliphatic heterocycles. The van der Waals surface area contributed by atoms with Crippen LogP contribution >= 0.6 is 11.3 Å². The quantitative estimate of drug-likeness (QED) is 0.745. The maximum atomic E-state index is 11.8. The van der Waals surface area contributed by atoms with Crippen molar-refractivity contribution in [2.75, 3.05) is 0 Å². The summed E-state index contributed by atoms with van der Waals surface area (Å²) in [4.78, 5) is 12.9. The number of amides is 1. The Morgan fingerprint density at radius 1 is 1.28 bits per heavy atom. The lowest BCUT2D eigenvalue weighted by molar-refractivity contribution is 0.0951. The summed E-state index contributed by atoms with van der Waals surface area (Å²) < 4.78 is 0. The number of carbonyl (C=O) groups is 1. The molecular formula is C13H13NO3S. The molecule has 0 bridgehead atoms. The van der Waals surface area contributed by atoms with E-state index >= 15 is 0 Å². The Balaban J connectivity index is 2.04. The number of nitrogens with one attached hydrogen (secondary N) is 1. The van der Waals surface area contributed by atoms with Crippen LogP contribution in [-0.4, -0.2) is 16.1 Å². The smallest absolute Gasteiger partial charge is 0.251 e. The second kappa shape index (κ2) is 5.10. The number of phenols is 2. The van der Waals surface area contributed by atoms with E-state index in [1.54, 1.807) is 11.3 Å². The molecule has 0 atom stereocenters. The highest BCUT2D eigenvalue weighted by atomic mass is 32.1. The van der Waals surface area contributed by atoms with Crippen molar-refractivity contribution in [1.82, 2.24) is 5.32 Å². The molecule has 1 aromatic carbocycles. The van der Waals surface area contributed by atoms with Gasteiger partial charge < -0.3 is 15.5 Å². The van der Waals surface area contributed by atoms with Crippen molar-refractivity contribution >= 4 is 17.2 Å². The SMILES string of the molecule is Cc1ccsc1CNC(=O)c1ccc(O)c(O)c1. The van der Waals surface area contributed by atoms with Gasteiger partial charge in [-0.1, -0.05) is 0 Å². The van der Waals surface area contributed by atoms with Gasteiger partial charge in [-0.3, -0.25) is 4.79 Å². The summed E-state index contributed by atoms with van der Waals surface area (Å²) in [7, 11) is 0. The van der Waals surface area contributed by atoms with Gasteiger partial charge >= 0.3 is 0 Å². The third kappa shape index (κ3) is 2.62. The minimum absolute atomic E-state index is 0.236. The van der Waals surface area contributed by atoms with E-state index in [9.17, 15) is 9.90 Å². The molecule has 2 aromatic rings. The van der Waals surface area contributed by atoms with E-state index in [1.165, 1.54) is 18.2 Å². The number of hydrogen-bond acceptors (Lipinski definition) is 4. The zero-order valence-electron chi connectivity index (χ0n) is 9.80. The van der Waals surface area contributed by atoms with Crippen LogP contribution in [-0.2, 0) is 6.54 Å². The van der Waals surface area contributed by atoms with Crippen LogP contribution in [0.15, 0.2) is 29.6 Å². The van der Waals surface area contributed by atoms with Gasteiger partial charge in [0.15, 0.2) is 11.5 Å². The fourth-order valence-electron chi connectivity index (χ4n) is 1.51. The molecule has 0 unspecified atom stereocenters. The van der Waals surface area contributed by atoms with Crippen molar-refractivity contribution in [2.24, 2.45) is 0 Å². The minimum atomic E-state index is -0.296. The molecule has 1 aromatic heterocycles. The molecule has 0 saturated heterocycles. The van der Waals surface area contributed by atoms with Crippen molar-refractivity contribution in [1.29, 1.82) is 0 Å². The first-order valence-corrected chi connectivity index (χ1v) is 6.29. The highest BCUT2D eigenvalue weighted by Crippen LogP contribution is 2.24. The van der Waals surface area contributed by atoms with E-state index in [0.29, 0.717) is 12.1 Å². The van der Waals surface area contributed by atoms with Gasteiger partial charge in [-0.2, -0.15) is 0 Å². The summed E-state index contributed by atoms with van der Waals surface area (Å²) >= 11 is 1.59. The third-order valence-electron chi connectivity index (χ3n) is 2.62. The molecule has 1 heterocycles. The fraction of sp³-hybridized carbons (Fsp3) is 0.154. The number of thiophene rings is 1. The molecule has 0 spiro atoms. The Morgan fingerprint density at radius 2 is 2.06 bits per heavy atom. The second-order valence-corrected chi connectivity index (χ2v) is 4.91.